The molecular weight excluding hydrogens is 287 g/mol. The maximum atomic E-state index is 11.9. The van der Waals surface area contributed by atoms with E-state index in [1.165, 1.54) is 6.20 Å². The summed E-state index contributed by atoms with van der Waals surface area (Å²) in [6, 6.07) is 1.70. The minimum atomic E-state index is -0.147. The van der Waals surface area contributed by atoms with Gasteiger partial charge in [0.05, 0.1) is 16.6 Å². The monoisotopic (exact) mass is 302 g/mol. The van der Waals surface area contributed by atoms with E-state index < -0.39 is 0 Å². The van der Waals surface area contributed by atoms with Crippen molar-refractivity contribution in [2.45, 2.75) is 18.9 Å². The maximum absolute atomic E-state index is 11.9. The van der Waals surface area contributed by atoms with Crippen LogP contribution in [0.15, 0.2) is 12.3 Å². The zero-order chi connectivity index (χ0) is 13.8. The first-order chi connectivity index (χ1) is 9.04. The number of carbonyl (C=O) groups excluding carboxylic acids is 1. The van der Waals surface area contributed by atoms with E-state index in [4.69, 9.17) is 28.9 Å². The molecule has 0 saturated carbocycles. The number of nitrogens with one attached hydrogen (secondary N) is 1. The van der Waals surface area contributed by atoms with Gasteiger partial charge in [-0.2, -0.15) is 0 Å². The molecule has 2 heterocycles. The van der Waals surface area contributed by atoms with Crippen molar-refractivity contribution in [3.05, 3.63) is 22.3 Å². The van der Waals surface area contributed by atoms with Gasteiger partial charge in [-0.1, -0.05) is 23.2 Å². The van der Waals surface area contributed by atoms with Gasteiger partial charge in [0, 0.05) is 18.8 Å². The number of piperidine rings is 1. The predicted octanol–water partition coefficient (Wildman–Crippen LogP) is 1.75. The van der Waals surface area contributed by atoms with Gasteiger partial charge in [0.2, 0.25) is 5.91 Å². The molecule has 7 heteroatoms. The largest absolute Gasteiger partial charge is 0.327 e. The average Bonchev–Trinajstić information content (AvgIpc) is 2.33. The first-order valence-electron chi connectivity index (χ1n) is 6.13. The van der Waals surface area contributed by atoms with Crippen molar-refractivity contribution in [2.24, 2.45) is 5.73 Å². The van der Waals surface area contributed by atoms with E-state index in [0.29, 0.717) is 22.4 Å². The Kier molecular flexibility index (Phi) is 4.99. The third-order valence-electron chi connectivity index (χ3n) is 2.97. The van der Waals surface area contributed by atoms with Gasteiger partial charge in [-0.3, -0.25) is 9.69 Å². The highest BCUT2D eigenvalue weighted by Crippen LogP contribution is 2.22. The lowest BCUT2D eigenvalue weighted by Crippen LogP contribution is -2.45. The Hall–Kier alpha value is -0.880. The molecule has 19 heavy (non-hydrogen) atoms. The lowest BCUT2D eigenvalue weighted by Gasteiger charge is -2.29. The summed E-state index contributed by atoms with van der Waals surface area (Å²) in [6.07, 6.45) is 3.48. The van der Waals surface area contributed by atoms with Crippen LogP contribution in [-0.4, -0.2) is 41.5 Å². The normalized spacial score (nSPS) is 20.3. The number of hydrogen-bond donors (Lipinski definition) is 2. The van der Waals surface area contributed by atoms with Crippen LogP contribution in [0.2, 0.25) is 10.0 Å². The quantitative estimate of drug-likeness (QED) is 0.892. The summed E-state index contributed by atoms with van der Waals surface area (Å²) < 4.78 is 0. The summed E-state index contributed by atoms with van der Waals surface area (Å²) in [7, 11) is 0. The molecule has 1 aromatic heterocycles. The van der Waals surface area contributed by atoms with Crippen LogP contribution in [0.25, 0.3) is 0 Å². The molecule has 1 saturated heterocycles. The van der Waals surface area contributed by atoms with Crippen LogP contribution in [0, 0.1) is 0 Å². The van der Waals surface area contributed by atoms with Crippen molar-refractivity contribution in [3.8, 4) is 0 Å². The van der Waals surface area contributed by atoms with Gasteiger partial charge in [-0.05, 0) is 25.5 Å². The smallest absolute Gasteiger partial charge is 0.239 e. The van der Waals surface area contributed by atoms with Crippen LogP contribution < -0.4 is 11.1 Å². The van der Waals surface area contributed by atoms with Crippen LogP contribution in [0.1, 0.15) is 12.8 Å². The number of nitrogens with zero attached hydrogens (tertiary/aromatic N) is 2. The summed E-state index contributed by atoms with van der Waals surface area (Å²) in [5.41, 5.74) is 5.87. The Morgan fingerprint density at radius 2 is 2.37 bits per heavy atom. The molecule has 1 fully saturated rings. The molecule has 0 aliphatic carbocycles. The number of halogens is 2. The van der Waals surface area contributed by atoms with Crippen LogP contribution in [-0.2, 0) is 4.79 Å². The number of rotatable bonds is 3. The van der Waals surface area contributed by atoms with Gasteiger partial charge >= 0.3 is 0 Å². The van der Waals surface area contributed by atoms with E-state index in [2.05, 4.69) is 10.3 Å². The Morgan fingerprint density at radius 3 is 3.05 bits per heavy atom. The summed E-state index contributed by atoms with van der Waals surface area (Å²) in [5.74, 6) is 0.184. The highest BCUT2D eigenvalue weighted by molar-refractivity contribution is 6.36. The molecule has 1 atom stereocenters. The van der Waals surface area contributed by atoms with Gasteiger partial charge in [0.25, 0.3) is 0 Å². The van der Waals surface area contributed by atoms with E-state index in [0.717, 1.165) is 25.9 Å². The number of carbonyl (C=O) groups is 1. The molecule has 0 aromatic carbocycles. The van der Waals surface area contributed by atoms with Gasteiger partial charge in [0.15, 0.2) is 5.82 Å². The van der Waals surface area contributed by atoms with Crippen molar-refractivity contribution < 1.29 is 4.79 Å². The van der Waals surface area contributed by atoms with E-state index >= 15 is 0 Å². The zero-order valence-electron chi connectivity index (χ0n) is 10.4. The molecule has 104 valence electrons. The third kappa shape index (κ3) is 4.31. The van der Waals surface area contributed by atoms with Crippen LogP contribution in [0.4, 0.5) is 5.82 Å². The van der Waals surface area contributed by atoms with Gasteiger partial charge in [-0.25, -0.2) is 4.98 Å². The number of aromatic nitrogens is 1. The molecule has 1 amide bonds. The second-order valence-corrected chi connectivity index (χ2v) is 5.51. The van der Waals surface area contributed by atoms with Crippen LogP contribution in [0.5, 0.6) is 0 Å². The second kappa shape index (κ2) is 6.52. The SMILES string of the molecule is N[C@@H]1CCCN(CC(=O)Nc2ncc(Cl)cc2Cl)C1. The predicted molar refractivity (Wildman–Crippen MR) is 76.5 cm³/mol. The summed E-state index contributed by atoms with van der Waals surface area (Å²) in [4.78, 5) is 17.9. The highest BCUT2D eigenvalue weighted by atomic mass is 35.5. The first kappa shape index (κ1) is 14.5. The Bertz CT molecular complexity index is 469. The molecule has 0 radical (unpaired) electrons. The first-order valence-corrected chi connectivity index (χ1v) is 6.89. The summed E-state index contributed by atoms with van der Waals surface area (Å²) >= 11 is 11.7. The van der Waals surface area contributed by atoms with E-state index in [-0.39, 0.29) is 11.9 Å². The number of pyridine rings is 1. The average molecular weight is 303 g/mol. The molecule has 5 nitrogen and oxygen atoms in total. The number of likely N-dealkylation sites (tertiary alicyclic amines) is 1. The number of amides is 1. The van der Waals surface area contributed by atoms with Gasteiger partial charge in [-0.15, -0.1) is 0 Å². The Balaban J connectivity index is 1.90. The van der Waals surface area contributed by atoms with E-state index in [9.17, 15) is 4.79 Å². The Labute approximate surface area is 122 Å². The number of nitrogens with two attached hydrogens (primary N) is 1. The molecule has 1 aliphatic heterocycles. The van der Waals surface area contributed by atoms with Crippen molar-refractivity contribution in [2.75, 3.05) is 25.0 Å². The maximum Gasteiger partial charge on any atom is 0.239 e. The second-order valence-electron chi connectivity index (χ2n) is 4.67. The van der Waals surface area contributed by atoms with Crippen molar-refractivity contribution in [1.29, 1.82) is 0 Å². The lowest BCUT2D eigenvalue weighted by molar-refractivity contribution is -0.117. The number of hydrogen-bond acceptors (Lipinski definition) is 4. The van der Waals surface area contributed by atoms with E-state index in [1.807, 2.05) is 4.90 Å². The minimum absolute atomic E-state index is 0.147. The van der Waals surface area contributed by atoms with Gasteiger partial charge < -0.3 is 11.1 Å². The minimum Gasteiger partial charge on any atom is -0.327 e. The highest BCUT2D eigenvalue weighted by Gasteiger charge is 2.19. The van der Waals surface area contributed by atoms with Gasteiger partial charge in [0.1, 0.15) is 0 Å². The molecule has 0 spiro atoms. The lowest BCUT2D eigenvalue weighted by atomic mass is 10.1. The van der Waals surface area contributed by atoms with Crippen molar-refractivity contribution in [1.82, 2.24) is 9.88 Å². The number of anilines is 1. The van der Waals surface area contributed by atoms with E-state index in [1.54, 1.807) is 6.07 Å². The molecular formula is C12H16Cl2N4O. The van der Waals surface area contributed by atoms with Crippen LogP contribution >= 0.6 is 23.2 Å². The fourth-order valence-electron chi connectivity index (χ4n) is 2.12. The third-order valence-corrected chi connectivity index (χ3v) is 3.47. The topological polar surface area (TPSA) is 71.2 Å². The fourth-order valence-corrected chi connectivity index (χ4v) is 2.54. The summed E-state index contributed by atoms with van der Waals surface area (Å²) in [6.45, 7) is 1.94. The molecule has 3 N–H and O–H groups in total. The molecule has 0 unspecified atom stereocenters. The molecule has 0 bridgehead atoms. The zero-order valence-corrected chi connectivity index (χ0v) is 11.9. The van der Waals surface area contributed by atoms with Crippen molar-refractivity contribution >= 4 is 34.9 Å². The standard InChI is InChI=1S/C12H16Cl2N4O/c13-8-4-10(14)12(16-5-8)17-11(19)7-18-3-1-2-9(15)6-18/h4-5,9H,1-3,6-7,15H2,(H,16,17,19)/t9-/m1/s1. The van der Waals surface area contributed by atoms with Crippen LogP contribution in [0.3, 0.4) is 0 Å². The Morgan fingerprint density at radius 1 is 1.58 bits per heavy atom. The fraction of sp³-hybridized carbons (Fsp3) is 0.500. The molecule has 1 aliphatic rings. The molecule has 1 aromatic rings. The van der Waals surface area contributed by atoms with Crippen molar-refractivity contribution in [3.63, 3.8) is 0 Å². The molecule has 2 rings (SSSR count). The summed E-state index contributed by atoms with van der Waals surface area (Å²) in [5, 5.41) is 3.44.